The van der Waals surface area contributed by atoms with Crippen LogP contribution in [-0.4, -0.2) is 24.8 Å². The first-order valence-electron chi connectivity index (χ1n) is 11.7. The molecule has 1 aliphatic carbocycles. The molecule has 1 saturated carbocycles. The minimum absolute atomic E-state index is 0.0722. The van der Waals surface area contributed by atoms with Crippen molar-refractivity contribution in [3.05, 3.63) is 42.0 Å². The Morgan fingerprint density at radius 3 is 2.55 bits per heavy atom. The second-order valence-electron chi connectivity index (χ2n) is 10.2. The summed E-state index contributed by atoms with van der Waals surface area (Å²) in [6.45, 7) is 6.65. The molecular formula is C26H32O5. The van der Waals surface area contributed by atoms with E-state index in [2.05, 4.69) is 50.2 Å². The highest BCUT2D eigenvalue weighted by atomic mass is 17.3. The standard InChI is InChI=1S/C26H32O5/c1-15-9-11-21-16(2)23(19-10-12-22(27-4)18-8-6-5-7-17(18)19)28-24-26(21)20(15)13-14-25(3,29-24)30-31-26/h5-8,10,12,15-16,20-21,23-24H,9,11,13-14H2,1-4H3/t15-,16+,20+,21+,23+,24-,25+,26-/m1/s1. The molecule has 2 bridgehead atoms. The Balaban J connectivity index is 1.48. The molecule has 5 aliphatic rings. The van der Waals surface area contributed by atoms with Gasteiger partial charge in [-0.3, -0.25) is 0 Å². The zero-order chi connectivity index (χ0) is 21.4. The Kier molecular flexibility index (Phi) is 4.46. The van der Waals surface area contributed by atoms with E-state index in [1.807, 2.05) is 6.92 Å². The summed E-state index contributed by atoms with van der Waals surface area (Å²) in [5.41, 5.74) is 0.676. The fourth-order valence-electron chi connectivity index (χ4n) is 6.98. The van der Waals surface area contributed by atoms with Crippen LogP contribution in [0.25, 0.3) is 10.8 Å². The van der Waals surface area contributed by atoms with Crippen LogP contribution < -0.4 is 4.74 Å². The van der Waals surface area contributed by atoms with E-state index in [4.69, 9.17) is 24.0 Å². The van der Waals surface area contributed by atoms with E-state index in [1.54, 1.807) is 7.11 Å². The van der Waals surface area contributed by atoms with Crippen LogP contribution in [-0.2, 0) is 19.2 Å². The maximum absolute atomic E-state index is 6.86. The molecule has 0 N–H and O–H groups in total. The molecule has 5 heteroatoms. The van der Waals surface area contributed by atoms with Gasteiger partial charge in [-0.15, -0.1) is 0 Å². The van der Waals surface area contributed by atoms with Gasteiger partial charge in [-0.05, 0) is 61.0 Å². The quantitative estimate of drug-likeness (QED) is 0.573. The molecule has 7 rings (SSSR count). The van der Waals surface area contributed by atoms with E-state index in [-0.39, 0.29) is 12.0 Å². The first kappa shape index (κ1) is 20.0. The highest BCUT2D eigenvalue weighted by molar-refractivity contribution is 5.91. The molecule has 5 fully saturated rings. The molecule has 2 aromatic carbocycles. The number of fused-ring (bicyclic) bond motifs is 3. The van der Waals surface area contributed by atoms with E-state index < -0.39 is 17.7 Å². The SMILES string of the molecule is COc1ccc([C@H]2O[C@@H]3O[C@]4(C)CC[C@H]5[C@H](C)CC[C@@H]([C@@H]2C)[C@@]35OO4)c2ccccc12. The van der Waals surface area contributed by atoms with Crippen molar-refractivity contribution in [1.29, 1.82) is 0 Å². The molecule has 1 spiro atoms. The van der Waals surface area contributed by atoms with Gasteiger partial charge in [-0.2, -0.15) is 0 Å². The van der Waals surface area contributed by atoms with Crippen LogP contribution in [0.4, 0.5) is 0 Å². The summed E-state index contributed by atoms with van der Waals surface area (Å²) in [7, 11) is 1.72. The van der Waals surface area contributed by atoms with Crippen molar-refractivity contribution in [2.24, 2.45) is 23.7 Å². The van der Waals surface area contributed by atoms with Crippen molar-refractivity contribution in [3.8, 4) is 5.75 Å². The lowest BCUT2D eigenvalue weighted by Gasteiger charge is -2.60. The number of hydrogen-bond acceptors (Lipinski definition) is 5. The molecule has 4 saturated heterocycles. The molecule has 0 aromatic heterocycles. The van der Waals surface area contributed by atoms with Crippen LogP contribution >= 0.6 is 0 Å². The predicted molar refractivity (Wildman–Crippen MR) is 116 cm³/mol. The molecule has 4 heterocycles. The van der Waals surface area contributed by atoms with E-state index in [1.165, 1.54) is 17.4 Å². The van der Waals surface area contributed by atoms with Crippen molar-refractivity contribution >= 4 is 10.8 Å². The van der Waals surface area contributed by atoms with Gasteiger partial charge < -0.3 is 14.2 Å². The van der Waals surface area contributed by atoms with Gasteiger partial charge in [0.2, 0.25) is 5.79 Å². The van der Waals surface area contributed by atoms with E-state index >= 15 is 0 Å². The van der Waals surface area contributed by atoms with Crippen molar-refractivity contribution < 1.29 is 24.0 Å². The summed E-state index contributed by atoms with van der Waals surface area (Å²) < 4.78 is 19.0. The Labute approximate surface area is 183 Å². The van der Waals surface area contributed by atoms with Crippen LogP contribution in [0, 0.1) is 23.7 Å². The lowest BCUT2D eigenvalue weighted by atomic mass is 9.57. The van der Waals surface area contributed by atoms with Crippen molar-refractivity contribution in [1.82, 2.24) is 0 Å². The average molecular weight is 425 g/mol. The van der Waals surface area contributed by atoms with Gasteiger partial charge in [0.05, 0.1) is 13.2 Å². The zero-order valence-electron chi connectivity index (χ0n) is 18.8. The van der Waals surface area contributed by atoms with E-state index in [9.17, 15) is 0 Å². The minimum Gasteiger partial charge on any atom is -0.496 e. The fourth-order valence-corrected chi connectivity index (χ4v) is 6.98. The average Bonchev–Trinajstić information content (AvgIpc) is 3.01. The van der Waals surface area contributed by atoms with Crippen LogP contribution in [0.5, 0.6) is 5.75 Å². The number of methoxy groups -OCH3 is 1. The minimum atomic E-state index is -0.745. The molecular weight excluding hydrogens is 392 g/mol. The summed E-state index contributed by atoms with van der Waals surface area (Å²) in [6, 6.07) is 12.7. The van der Waals surface area contributed by atoms with Gasteiger partial charge in [0.1, 0.15) is 5.75 Å². The smallest absolute Gasteiger partial charge is 0.201 e. The largest absolute Gasteiger partial charge is 0.496 e. The van der Waals surface area contributed by atoms with Gasteiger partial charge in [0.15, 0.2) is 11.9 Å². The monoisotopic (exact) mass is 424 g/mol. The van der Waals surface area contributed by atoms with Gasteiger partial charge in [-0.1, -0.05) is 44.2 Å². The van der Waals surface area contributed by atoms with E-state index in [0.717, 1.165) is 30.4 Å². The molecule has 0 unspecified atom stereocenters. The number of rotatable bonds is 2. The first-order valence-corrected chi connectivity index (χ1v) is 11.7. The first-order chi connectivity index (χ1) is 15.0. The topological polar surface area (TPSA) is 46.2 Å². The lowest BCUT2D eigenvalue weighted by Crippen LogP contribution is -2.69. The Bertz CT molecular complexity index is 1010. The Hall–Kier alpha value is -1.66. The summed E-state index contributed by atoms with van der Waals surface area (Å²) >= 11 is 0. The summed E-state index contributed by atoms with van der Waals surface area (Å²) in [5, 5.41) is 2.29. The highest BCUT2D eigenvalue weighted by Gasteiger charge is 2.69. The number of benzene rings is 2. The van der Waals surface area contributed by atoms with Crippen molar-refractivity contribution in [3.63, 3.8) is 0 Å². The summed E-state index contributed by atoms with van der Waals surface area (Å²) in [6.07, 6.45) is 3.71. The molecule has 0 radical (unpaired) electrons. The fraction of sp³-hybridized carbons (Fsp3) is 0.615. The lowest BCUT2D eigenvalue weighted by molar-refractivity contribution is -0.571. The van der Waals surface area contributed by atoms with Crippen LogP contribution in [0.3, 0.4) is 0 Å². The Morgan fingerprint density at radius 2 is 1.74 bits per heavy atom. The molecule has 0 amide bonds. The molecule has 4 aliphatic heterocycles. The van der Waals surface area contributed by atoms with Crippen LogP contribution in [0.1, 0.15) is 58.1 Å². The zero-order valence-corrected chi connectivity index (χ0v) is 18.8. The normalized spacial score (nSPS) is 44.0. The molecule has 166 valence electrons. The van der Waals surface area contributed by atoms with Gasteiger partial charge in [0, 0.05) is 17.7 Å². The molecule has 8 atom stereocenters. The maximum atomic E-state index is 6.86. The Morgan fingerprint density at radius 1 is 0.935 bits per heavy atom. The maximum Gasteiger partial charge on any atom is 0.201 e. The third-order valence-corrected chi connectivity index (χ3v) is 8.60. The van der Waals surface area contributed by atoms with Gasteiger partial charge >= 0.3 is 0 Å². The third kappa shape index (κ3) is 2.70. The van der Waals surface area contributed by atoms with Crippen molar-refractivity contribution in [2.45, 2.75) is 70.2 Å². The van der Waals surface area contributed by atoms with E-state index in [0.29, 0.717) is 17.8 Å². The number of hydrogen-bond donors (Lipinski definition) is 0. The summed E-state index contributed by atoms with van der Waals surface area (Å²) in [5.74, 6) is 1.70. The predicted octanol–water partition coefficient (Wildman–Crippen LogP) is 5.77. The molecule has 5 nitrogen and oxygen atoms in total. The summed E-state index contributed by atoms with van der Waals surface area (Å²) in [4.78, 5) is 12.2. The van der Waals surface area contributed by atoms with Crippen molar-refractivity contribution in [2.75, 3.05) is 7.11 Å². The van der Waals surface area contributed by atoms with Gasteiger partial charge in [-0.25, -0.2) is 9.78 Å². The molecule has 2 aromatic rings. The second-order valence-corrected chi connectivity index (χ2v) is 10.2. The second kappa shape index (κ2) is 6.92. The molecule has 31 heavy (non-hydrogen) atoms. The van der Waals surface area contributed by atoms with Crippen LogP contribution in [0.2, 0.25) is 0 Å². The third-order valence-electron chi connectivity index (χ3n) is 8.60. The van der Waals surface area contributed by atoms with Crippen LogP contribution in [0.15, 0.2) is 36.4 Å². The van der Waals surface area contributed by atoms with Gasteiger partial charge in [0.25, 0.3) is 0 Å². The number of ether oxygens (including phenoxy) is 3. The highest BCUT2D eigenvalue weighted by Crippen LogP contribution is 2.62.